The molecular formula is C9H9N3O3S. The minimum atomic E-state index is -1.06. The van der Waals surface area contributed by atoms with Gasteiger partial charge in [-0.05, 0) is 13.0 Å². The maximum absolute atomic E-state index is 10.7. The molecule has 7 heteroatoms. The maximum Gasteiger partial charge on any atom is 0.371 e. The molecule has 6 nitrogen and oxygen atoms in total. The summed E-state index contributed by atoms with van der Waals surface area (Å²) in [5, 5.41) is 15.9. The minimum absolute atomic E-state index is 0.0364. The molecule has 0 aliphatic heterocycles. The number of hydrogen-bond donors (Lipinski definition) is 2. The van der Waals surface area contributed by atoms with Crippen molar-refractivity contribution in [1.82, 2.24) is 15.2 Å². The number of H-pyrrole nitrogens is 1. The number of hydrogen-bond acceptors (Lipinski definition) is 5. The van der Waals surface area contributed by atoms with Gasteiger partial charge >= 0.3 is 5.97 Å². The average Bonchev–Trinajstić information content (AvgIpc) is 2.84. The number of furan rings is 1. The second-order valence-corrected chi connectivity index (χ2v) is 4.04. The SMILES string of the molecule is Cc1oc(C(=O)O)cc1CSc1ncn[nH]1. The van der Waals surface area contributed by atoms with Crippen molar-refractivity contribution in [2.24, 2.45) is 0 Å². The summed E-state index contributed by atoms with van der Waals surface area (Å²) in [5.74, 6) is 0.117. The summed E-state index contributed by atoms with van der Waals surface area (Å²) in [6.45, 7) is 1.74. The van der Waals surface area contributed by atoms with Crippen LogP contribution in [0.25, 0.3) is 0 Å². The van der Waals surface area contributed by atoms with Gasteiger partial charge in [-0.3, -0.25) is 5.10 Å². The van der Waals surface area contributed by atoms with E-state index in [1.54, 1.807) is 6.92 Å². The van der Waals surface area contributed by atoms with Crippen molar-refractivity contribution in [2.45, 2.75) is 17.8 Å². The zero-order valence-electron chi connectivity index (χ0n) is 8.43. The fourth-order valence-electron chi connectivity index (χ4n) is 1.18. The molecule has 0 amide bonds. The molecule has 2 N–H and O–H groups in total. The van der Waals surface area contributed by atoms with Crippen molar-refractivity contribution in [1.29, 1.82) is 0 Å². The molecule has 0 atom stereocenters. The molecule has 16 heavy (non-hydrogen) atoms. The molecule has 0 aliphatic rings. The average molecular weight is 239 g/mol. The van der Waals surface area contributed by atoms with Gasteiger partial charge in [-0.1, -0.05) is 11.8 Å². The van der Waals surface area contributed by atoms with E-state index in [2.05, 4.69) is 15.2 Å². The molecule has 0 aliphatic carbocycles. The smallest absolute Gasteiger partial charge is 0.371 e. The van der Waals surface area contributed by atoms with Crippen LogP contribution in [0.4, 0.5) is 0 Å². The van der Waals surface area contributed by atoms with Gasteiger partial charge in [-0.2, -0.15) is 5.10 Å². The Hall–Kier alpha value is -1.76. The van der Waals surface area contributed by atoms with Crippen molar-refractivity contribution in [2.75, 3.05) is 0 Å². The number of rotatable bonds is 4. The summed E-state index contributed by atoms with van der Waals surface area (Å²) < 4.78 is 5.09. The van der Waals surface area contributed by atoms with Crippen LogP contribution >= 0.6 is 11.8 Å². The molecule has 2 aromatic rings. The Morgan fingerprint density at radius 3 is 3.06 bits per heavy atom. The molecule has 0 unspecified atom stereocenters. The molecule has 0 saturated carbocycles. The Labute approximate surface area is 95.1 Å². The molecule has 2 aromatic heterocycles. The highest BCUT2D eigenvalue weighted by Gasteiger charge is 2.13. The number of carboxylic acids is 1. The zero-order chi connectivity index (χ0) is 11.5. The first-order valence-electron chi connectivity index (χ1n) is 4.47. The van der Waals surface area contributed by atoms with Gasteiger partial charge in [0.15, 0.2) is 5.16 Å². The van der Waals surface area contributed by atoms with Crippen LogP contribution < -0.4 is 0 Å². The van der Waals surface area contributed by atoms with Crippen molar-refractivity contribution in [3.05, 3.63) is 29.5 Å². The monoisotopic (exact) mass is 239 g/mol. The molecule has 0 fully saturated rings. The van der Waals surface area contributed by atoms with Crippen LogP contribution in [-0.2, 0) is 5.75 Å². The topological polar surface area (TPSA) is 92.0 Å². The van der Waals surface area contributed by atoms with E-state index in [0.29, 0.717) is 16.7 Å². The zero-order valence-corrected chi connectivity index (χ0v) is 9.24. The van der Waals surface area contributed by atoms with E-state index < -0.39 is 5.97 Å². The van der Waals surface area contributed by atoms with Gasteiger partial charge in [0.1, 0.15) is 12.1 Å². The molecule has 0 saturated heterocycles. The van der Waals surface area contributed by atoms with Crippen LogP contribution in [0, 0.1) is 6.92 Å². The molecular weight excluding hydrogens is 230 g/mol. The largest absolute Gasteiger partial charge is 0.475 e. The number of nitrogens with zero attached hydrogens (tertiary/aromatic N) is 2. The number of nitrogens with one attached hydrogen (secondary N) is 1. The number of thioether (sulfide) groups is 1. The van der Waals surface area contributed by atoms with Crippen LogP contribution in [0.2, 0.25) is 0 Å². The van der Waals surface area contributed by atoms with Crippen molar-refractivity contribution < 1.29 is 14.3 Å². The van der Waals surface area contributed by atoms with Gasteiger partial charge in [-0.15, -0.1) is 0 Å². The first-order chi connectivity index (χ1) is 7.66. The third-order valence-corrected chi connectivity index (χ3v) is 2.91. The third kappa shape index (κ3) is 2.25. The Kier molecular flexibility index (Phi) is 2.95. The lowest BCUT2D eigenvalue weighted by Crippen LogP contribution is -1.91. The predicted octanol–water partition coefficient (Wildman–Crippen LogP) is 1.70. The number of aromatic carboxylic acids is 1. The fraction of sp³-hybridized carbons (Fsp3) is 0.222. The second-order valence-electron chi connectivity index (χ2n) is 3.08. The fourth-order valence-corrected chi connectivity index (χ4v) is 2.00. The molecule has 0 spiro atoms. The van der Waals surface area contributed by atoms with E-state index in [9.17, 15) is 4.79 Å². The number of aromatic nitrogens is 3. The molecule has 0 radical (unpaired) electrons. The van der Waals surface area contributed by atoms with E-state index in [4.69, 9.17) is 9.52 Å². The van der Waals surface area contributed by atoms with Gasteiger partial charge in [0.05, 0.1) is 0 Å². The lowest BCUT2D eigenvalue weighted by molar-refractivity contribution is 0.0661. The Morgan fingerprint density at radius 1 is 1.69 bits per heavy atom. The second kappa shape index (κ2) is 4.40. The lowest BCUT2D eigenvalue weighted by Gasteiger charge is -1.94. The van der Waals surface area contributed by atoms with Crippen molar-refractivity contribution in [3.63, 3.8) is 0 Å². The predicted molar refractivity (Wildman–Crippen MR) is 56.3 cm³/mol. The van der Waals surface area contributed by atoms with Gasteiger partial charge in [0.25, 0.3) is 0 Å². The first-order valence-corrected chi connectivity index (χ1v) is 5.46. The Morgan fingerprint density at radius 2 is 2.50 bits per heavy atom. The molecule has 0 aromatic carbocycles. The highest BCUT2D eigenvalue weighted by Crippen LogP contribution is 2.23. The van der Waals surface area contributed by atoms with Crippen molar-refractivity contribution in [3.8, 4) is 0 Å². The Bertz CT molecular complexity index is 492. The van der Waals surface area contributed by atoms with E-state index in [-0.39, 0.29) is 5.76 Å². The van der Waals surface area contributed by atoms with Gasteiger partial charge in [-0.25, -0.2) is 9.78 Å². The highest BCUT2D eigenvalue weighted by molar-refractivity contribution is 7.98. The standard InChI is InChI=1S/C9H9N3O3S/c1-5-6(2-7(15-5)8(13)14)3-16-9-10-4-11-12-9/h2,4H,3H2,1H3,(H,13,14)(H,10,11,12). The van der Waals surface area contributed by atoms with Crippen LogP contribution in [0.3, 0.4) is 0 Å². The van der Waals surface area contributed by atoms with Crippen molar-refractivity contribution >= 4 is 17.7 Å². The van der Waals surface area contributed by atoms with Gasteiger partial charge in [0, 0.05) is 11.3 Å². The number of aryl methyl sites for hydroxylation is 1. The van der Waals surface area contributed by atoms with Crippen LogP contribution in [0.15, 0.2) is 22.0 Å². The summed E-state index contributed by atoms with van der Waals surface area (Å²) in [6, 6.07) is 1.53. The minimum Gasteiger partial charge on any atom is -0.475 e. The highest BCUT2D eigenvalue weighted by atomic mass is 32.2. The third-order valence-electron chi connectivity index (χ3n) is 1.99. The molecule has 84 valence electrons. The quantitative estimate of drug-likeness (QED) is 0.789. The van der Waals surface area contributed by atoms with Gasteiger partial charge in [0.2, 0.25) is 5.76 Å². The van der Waals surface area contributed by atoms with E-state index >= 15 is 0 Å². The Balaban J connectivity index is 2.07. The van der Waals surface area contributed by atoms with E-state index in [1.165, 1.54) is 24.2 Å². The van der Waals surface area contributed by atoms with Crippen LogP contribution in [0.5, 0.6) is 0 Å². The van der Waals surface area contributed by atoms with E-state index in [0.717, 1.165) is 5.56 Å². The van der Waals surface area contributed by atoms with Gasteiger partial charge < -0.3 is 9.52 Å². The summed E-state index contributed by atoms with van der Waals surface area (Å²) in [4.78, 5) is 14.6. The molecule has 2 rings (SSSR count). The summed E-state index contributed by atoms with van der Waals surface area (Å²) >= 11 is 1.44. The summed E-state index contributed by atoms with van der Waals surface area (Å²) in [5.41, 5.74) is 0.846. The summed E-state index contributed by atoms with van der Waals surface area (Å²) in [7, 11) is 0. The molecule has 0 bridgehead atoms. The summed E-state index contributed by atoms with van der Waals surface area (Å²) in [6.07, 6.45) is 1.42. The lowest BCUT2D eigenvalue weighted by atomic mass is 10.3. The molecule has 2 heterocycles. The van der Waals surface area contributed by atoms with Crippen LogP contribution in [0.1, 0.15) is 21.9 Å². The first kappa shape index (κ1) is 10.7. The van der Waals surface area contributed by atoms with E-state index in [1.807, 2.05) is 0 Å². The normalized spacial score (nSPS) is 10.6. The number of aromatic amines is 1. The maximum atomic E-state index is 10.7. The van der Waals surface area contributed by atoms with Crippen LogP contribution in [-0.4, -0.2) is 26.3 Å². The number of carbonyl (C=O) groups is 1. The number of carboxylic acid groups (broad SMARTS) is 1.